The molecule has 2 rings (SSSR count). The molecule has 1 aromatic carbocycles. The fourth-order valence-electron chi connectivity index (χ4n) is 2.18. The van der Waals surface area contributed by atoms with Crippen molar-refractivity contribution in [3.8, 4) is 17.0 Å². The van der Waals surface area contributed by atoms with E-state index in [0.29, 0.717) is 5.95 Å². The van der Waals surface area contributed by atoms with Crippen molar-refractivity contribution in [1.82, 2.24) is 9.97 Å². The molecule has 0 bridgehead atoms. The van der Waals surface area contributed by atoms with Crippen molar-refractivity contribution in [3.63, 3.8) is 0 Å². The quantitative estimate of drug-likeness (QED) is 0.573. The van der Waals surface area contributed by atoms with Gasteiger partial charge in [0.15, 0.2) is 0 Å². The fourth-order valence-corrected chi connectivity index (χ4v) is 2.18. The fraction of sp³-hybridized carbons (Fsp3) is 0.308. The molecule has 0 spiro atoms. The summed E-state index contributed by atoms with van der Waals surface area (Å²) in [7, 11) is 1.70. The summed E-state index contributed by atoms with van der Waals surface area (Å²) in [6, 6.07) is 2.09. The van der Waals surface area contributed by atoms with Crippen LogP contribution in [0.15, 0.2) is 12.3 Å². The molecule has 5 nitrogen and oxygen atoms in total. The van der Waals surface area contributed by atoms with E-state index in [9.17, 15) is 0 Å². The van der Waals surface area contributed by atoms with Gasteiger partial charge in [-0.15, -0.1) is 0 Å². The largest absolute Gasteiger partial charge is 0.496 e. The molecule has 0 saturated carbocycles. The van der Waals surface area contributed by atoms with Crippen molar-refractivity contribution in [3.05, 3.63) is 29.0 Å². The first-order chi connectivity index (χ1) is 8.58. The Morgan fingerprint density at radius 2 is 2.00 bits per heavy atom. The minimum Gasteiger partial charge on any atom is -0.496 e. The summed E-state index contributed by atoms with van der Waals surface area (Å²) in [6.07, 6.45) is 1.77. The number of anilines is 1. The zero-order chi connectivity index (χ0) is 13.3. The average Bonchev–Trinajstić information content (AvgIpc) is 2.83. The minimum atomic E-state index is 0.551. The first kappa shape index (κ1) is 12.4. The highest BCUT2D eigenvalue weighted by Crippen LogP contribution is 2.33. The average molecular weight is 246 g/mol. The molecule has 1 heterocycles. The number of aromatic amines is 1. The van der Waals surface area contributed by atoms with E-state index >= 15 is 0 Å². The number of hydrogen-bond donors (Lipinski definition) is 3. The lowest BCUT2D eigenvalue weighted by Gasteiger charge is -2.14. The Morgan fingerprint density at radius 1 is 1.28 bits per heavy atom. The number of nitrogens with one attached hydrogen (secondary N) is 2. The van der Waals surface area contributed by atoms with E-state index in [1.165, 1.54) is 5.56 Å². The molecule has 0 saturated heterocycles. The maximum atomic E-state index is 5.42. The number of aryl methyl sites for hydroxylation is 1. The molecule has 0 aliphatic rings. The van der Waals surface area contributed by atoms with Crippen LogP contribution in [0.1, 0.15) is 16.7 Å². The molecule has 0 fully saturated rings. The maximum absolute atomic E-state index is 5.42. The van der Waals surface area contributed by atoms with Crippen molar-refractivity contribution < 1.29 is 4.74 Å². The number of rotatable bonds is 3. The highest BCUT2D eigenvalue weighted by Gasteiger charge is 2.13. The predicted octanol–water partition coefficient (Wildman–Crippen LogP) is 2.30. The Balaban J connectivity index is 2.58. The first-order valence-corrected chi connectivity index (χ1v) is 5.75. The van der Waals surface area contributed by atoms with Gasteiger partial charge in [-0.05, 0) is 43.5 Å². The number of benzene rings is 1. The highest BCUT2D eigenvalue weighted by molar-refractivity contribution is 5.69. The number of nitrogen functional groups attached to an aromatic ring is 1. The van der Waals surface area contributed by atoms with Gasteiger partial charge in [-0.3, -0.25) is 5.43 Å². The third-order valence-corrected chi connectivity index (χ3v) is 3.23. The molecule has 18 heavy (non-hydrogen) atoms. The lowest BCUT2D eigenvalue weighted by Crippen LogP contribution is -2.07. The van der Waals surface area contributed by atoms with E-state index in [-0.39, 0.29) is 0 Å². The van der Waals surface area contributed by atoms with Gasteiger partial charge in [0.05, 0.1) is 19.0 Å². The minimum absolute atomic E-state index is 0.551. The van der Waals surface area contributed by atoms with Gasteiger partial charge >= 0.3 is 0 Å². The lowest BCUT2D eigenvalue weighted by molar-refractivity contribution is 0.408. The SMILES string of the molecule is COc1c(C)cc(-c2cnc(NN)[nH]2)c(C)c1C. The van der Waals surface area contributed by atoms with Crippen LogP contribution in [0.25, 0.3) is 11.3 Å². The van der Waals surface area contributed by atoms with Crippen molar-refractivity contribution in [2.24, 2.45) is 5.84 Å². The standard InChI is InChI=1S/C13H18N4O/c1-7-5-10(8(2)9(3)12(7)18-4)11-6-15-13(16-11)17-14/h5-6H,14H2,1-4H3,(H2,15,16,17). The molecule has 0 atom stereocenters. The van der Waals surface area contributed by atoms with Crippen molar-refractivity contribution >= 4 is 5.95 Å². The van der Waals surface area contributed by atoms with E-state index in [0.717, 1.165) is 28.1 Å². The molecular formula is C13H18N4O. The molecule has 0 radical (unpaired) electrons. The number of aromatic nitrogens is 2. The molecule has 0 aliphatic carbocycles. The normalized spacial score (nSPS) is 10.5. The second-order valence-corrected chi connectivity index (χ2v) is 4.31. The highest BCUT2D eigenvalue weighted by atomic mass is 16.5. The summed E-state index contributed by atoms with van der Waals surface area (Å²) in [5.74, 6) is 6.81. The van der Waals surface area contributed by atoms with Gasteiger partial charge in [-0.2, -0.15) is 0 Å². The number of hydrazine groups is 1. The number of methoxy groups -OCH3 is 1. The van der Waals surface area contributed by atoms with Crippen molar-refractivity contribution in [1.29, 1.82) is 0 Å². The van der Waals surface area contributed by atoms with Gasteiger partial charge in [0.25, 0.3) is 0 Å². The smallest absolute Gasteiger partial charge is 0.215 e. The zero-order valence-corrected chi connectivity index (χ0v) is 11.1. The van der Waals surface area contributed by atoms with Crippen LogP contribution in [0.5, 0.6) is 5.75 Å². The second-order valence-electron chi connectivity index (χ2n) is 4.31. The van der Waals surface area contributed by atoms with Crippen molar-refractivity contribution in [2.45, 2.75) is 20.8 Å². The second kappa shape index (κ2) is 4.70. The van der Waals surface area contributed by atoms with Crippen LogP contribution < -0.4 is 16.0 Å². The molecule has 2 aromatic rings. The summed E-state index contributed by atoms with van der Waals surface area (Å²) in [5.41, 5.74) is 7.97. The number of ether oxygens (including phenoxy) is 1. The Morgan fingerprint density at radius 3 is 2.56 bits per heavy atom. The molecule has 1 aromatic heterocycles. The Hall–Kier alpha value is -2.01. The van der Waals surface area contributed by atoms with E-state index < -0.39 is 0 Å². The van der Waals surface area contributed by atoms with Crippen LogP contribution in [0.3, 0.4) is 0 Å². The van der Waals surface area contributed by atoms with E-state index in [1.807, 2.05) is 6.92 Å². The Labute approximate surface area is 106 Å². The van der Waals surface area contributed by atoms with Crippen LogP contribution in [0.2, 0.25) is 0 Å². The number of nitrogens with zero attached hydrogens (tertiary/aromatic N) is 1. The summed E-state index contributed by atoms with van der Waals surface area (Å²) >= 11 is 0. The molecule has 0 amide bonds. The van der Waals surface area contributed by atoms with Crippen LogP contribution in [0, 0.1) is 20.8 Å². The monoisotopic (exact) mass is 246 g/mol. The summed E-state index contributed by atoms with van der Waals surface area (Å²) < 4.78 is 5.42. The van der Waals surface area contributed by atoms with Crippen LogP contribution >= 0.6 is 0 Å². The Kier molecular flexibility index (Phi) is 3.25. The summed E-state index contributed by atoms with van der Waals surface area (Å²) in [5, 5.41) is 0. The number of nitrogens with two attached hydrogens (primary N) is 1. The van der Waals surface area contributed by atoms with Gasteiger partial charge in [-0.25, -0.2) is 10.8 Å². The Bertz CT molecular complexity index is 575. The molecule has 5 heteroatoms. The lowest BCUT2D eigenvalue weighted by atomic mass is 9.97. The molecule has 96 valence electrons. The van der Waals surface area contributed by atoms with Crippen molar-refractivity contribution in [2.75, 3.05) is 12.5 Å². The third-order valence-electron chi connectivity index (χ3n) is 3.23. The third kappa shape index (κ3) is 1.93. The zero-order valence-electron chi connectivity index (χ0n) is 11.1. The predicted molar refractivity (Wildman–Crippen MR) is 72.6 cm³/mol. The van der Waals surface area contributed by atoms with Gasteiger partial charge in [0, 0.05) is 5.56 Å². The van der Waals surface area contributed by atoms with Gasteiger partial charge < -0.3 is 9.72 Å². The number of hydrogen-bond acceptors (Lipinski definition) is 4. The van der Waals surface area contributed by atoms with Gasteiger partial charge in [-0.1, -0.05) is 0 Å². The van der Waals surface area contributed by atoms with Crippen LogP contribution in [-0.2, 0) is 0 Å². The van der Waals surface area contributed by atoms with E-state index in [2.05, 4.69) is 35.3 Å². The van der Waals surface area contributed by atoms with Gasteiger partial charge in [0.2, 0.25) is 5.95 Å². The van der Waals surface area contributed by atoms with E-state index in [1.54, 1.807) is 13.3 Å². The van der Waals surface area contributed by atoms with Crippen LogP contribution in [-0.4, -0.2) is 17.1 Å². The topological polar surface area (TPSA) is 76.0 Å². The first-order valence-electron chi connectivity index (χ1n) is 5.75. The summed E-state index contributed by atoms with van der Waals surface area (Å²) in [4.78, 5) is 7.26. The summed E-state index contributed by atoms with van der Waals surface area (Å²) in [6.45, 7) is 6.17. The number of imidazole rings is 1. The van der Waals surface area contributed by atoms with Gasteiger partial charge in [0.1, 0.15) is 5.75 Å². The molecule has 0 unspecified atom stereocenters. The molecular weight excluding hydrogens is 228 g/mol. The van der Waals surface area contributed by atoms with E-state index in [4.69, 9.17) is 10.6 Å². The number of H-pyrrole nitrogens is 1. The maximum Gasteiger partial charge on any atom is 0.215 e. The molecule has 0 aliphatic heterocycles. The molecule has 4 N–H and O–H groups in total. The van der Waals surface area contributed by atoms with Crippen LogP contribution in [0.4, 0.5) is 5.95 Å².